The van der Waals surface area contributed by atoms with Crippen LogP contribution in [0.3, 0.4) is 0 Å². The van der Waals surface area contributed by atoms with Crippen LogP contribution in [0.5, 0.6) is 0 Å². The van der Waals surface area contributed by atoms with E-state index in [2.05, 4.69) is 10.3 Å². The highest BCUT2D eigenvalue weighted by Crippen LogP contribution is 2.17. The van der Waals surface area contributed by atoms with E-state index in [1.54, 1.807) is 12.3 Å². The van der Waals surface area contributed by atoms with Crippen LogP contribution in [0.25, 0.3) is 0 Å². The molecule has 1 aliphatic rings. The molecule has 80 valence electrons. The normalized spacial score (nSPS) is 24.4. The first-order chi connectivity index (χ1) is 7.15. The number of aryl methyl sites for hydroxylation is 1. The smallest absolute Gasteiger partial charge is 0.253 e. The summed E-state index contributed by atoms with van der Waals surface area (Å²) in [4.78, 5) is 15.8. The molecule has 0 atom stereocenters. The van der Waals surface area contributed by atoms with Crippen molar-refractivity contribution in [2.45, 2.75) is 31.8 Å². The zero-order valence-corrected chi connectivity index (χ0v) is 8.73. The number of hydrogen-bond acceptors (Lipinski definition) is 3. The summed E-state index contributed by atoms with van der Waals surface area (Å²) >= 11 is 0. The molecule has 1 heterocycles. The molecule has 3 N–H and O–H groups in total. The van der Waals surface area contributed by atoms with E-state index in [0.29, 0.717) is 5.56 Å². The van der Waals surface area contributed by atoms with Crippen molar-refractivity contribution in [1.82, 2.24) is 10.3 Å². The third kappa shape index (κ3) is 2.33. The van der Waals surface area contributed by atoms with Gasteiger partial charge in [0.1, 0.15) is 0 Å². The Morgan fingerprint density at radius 3 is 2.80 bits per heavy atom. The fourth-order valence-corrected chi connectivity index (χ4v) is 1.65. The van der Waals surface area contributed by atoms with Gasteiger partial charge in [0, 0.05) is 24.0 Å². The maximum Gasteiger partial charge on any atom is 0.253 e. The monoisotopic (exact) mass is 205 g/mol. The minimum atomic E-state index is -0.0561. The number of amides is 1. The van der Waals surface area contributed by atoms with E-state index in [9.17, 15) is 4.79 Å². The Kier molecular flexibility index (Phi) is 2.68. The lowest BCUT2D eigenvalue weighted by atomic mass is 9.87. The van der Waals surface area contributed by atoms with Gasteiger partial charge >= 0.3 is 0 Å². The predicted molar refractivity (Wildman–Crippen MR) is 57.4 cm³/mol. The van der Waals surface area contributed by atoms with Crippen molar-refractivity contribution in [2.24, 2.45) is 5.73 Å². The highest BCUT2D eigenvalue weighted by molar-refractivity contribution is 5.94. The Bertz CT molecular complexity index is 355. The highest BCUT2D eigenvalue weighted by Gasteiger charge is 2.27. The van der Waals surface area contributed by atoms with E-state index < -0.39 is 0 Å². The molecule has 0 radical (unpaired) electrons. The first-order valence-electron chi connectivity index (χ1n) is 5.14. The number of pyridine rings is 1. The lowest BCUT2D eigenvalue weighted by molar-refractivity contribution is 0.0910. The summed E-state index contributed by atoms with van der Waals surface area (Å²) in [6.45, 7) is 1.90. The molecular formula is C11H15N3O. The van der Waals surface area contributed by atoms with Gasteiger partial charge in [0.25, 0.3) is 5.91 Å². The van der Waals surface area contributed by atoms with Crippen molar-refractivity contribution in [1.29, 1.82) is 0 Å². The Labute approximate surface area is 88.9 Å². The standard InChI is InChI=1S/C11H15N3O/c1-7-2-3-8(6-13-7)11(15)14-10-4-9(12)5-10/h2-3,6,9-10H,4-5,12H2,1H3,(H,14,15). The summed E-state index contributed by atoms with van der Waals surface area (Å²) in [5.74, 6) is -0.0561. The topological polar surface area (TPSA) is 68.0 Å². The Morgan fingerprint density at radius 1 is 1.53 bits per heavy atom. The van der Waals surface area contributed by atoms with Gasteiger partial charge in [-0.3, -0.25) is 9.78 Å². The van der Waals surface area contributed by atoms with Crippen LogP contribution in [-0.2, 0) is 0 Å². The van der Waals surface area contributed by atoms with Crippen LogP contribution < -0.4 is 11.1 Å². The molecule has 0 bridgehead atoms. The molecule has 0 spiro atoms. The molecule has 1 saturated carbocycles. The van der Waals surface area contributed by atoms with E-state index in [-0.39, 0.29) is 18.0 Å². The van der Waals surface area contributed by atoms with Gasteiger partial charge in [-0.25, -0.2) is 0 Å². The third-order valence-corrected chi connectivity index (χ3v) is 2.68. The Hall–Kier alpha value is -1.42. The van der Waals surface area contributed by atoms with Crippen LogP contribution in [0.15, 0.2) is 18.3 Å². The van der Waals surface area contributed by atoms with Crippen molar-refractivity contribution >= 4 is 5.91 Å². The molecule has 0 unspecified atom stereocenters. The number of aromatic nitrogens is 1. The van der Waals surface area contributed by atoms with Crippen LogP contribution in [0, 0.1) is 6.92 Å². The van der Waals surface area contributed by atoms with Crippen LogP contribution in [-0.4, -0.2) is 23.0 Å². The molecule has 1 amide bonds. The Balaban J connectivity index is 1.93. The van der Waals surface area contributed by atoms with E-state index in [1.165, 1.54) is 0 Å². The number of nitrogens with zero attached hydrogens (tertiary/aromatic N) is 1. The van der Waals surface area contributed by atoms with Crippen molar-refractivity contribution in [3.05, 3.63) is 29.6 Å². The minimum Gasteiger partial charge on any atom is -0.349 e. The Morgan fingerprint density at radius 2 is 2.27 bits per heavy atom. The molecule has 1 fully saturated rings. The molecule has 0 aliphatic heterocycles. The van der Waals surface area contributed by atoms with Gasteiger partial charge in [-0.05, 0) is 31.9 Å². The number of nitrogens with one attached hydrogen (secondary N) is 1. The van der Waals surface area contributed by atoms with E-state index >= 15 is 0 Å². The van der Waals surface area contributed by atoms with E-state index in [0.717, 1.165) is 18.5 Å². The second-order valence-corrected chi connectivity index (χ2v) is 4.09. The molecule has 0 saturated heterocycles. The molecule has 4 nitrogen and oxygen atoms in total. The number of carbonyl (C=O) groups excluding carboxylic acids is 1. The number of nitrogens with two attached hydrogens (primary N) is 1. The lowest BCUT2D eigenvalue weighted by Gasteiger charge is -2.32. The molecule has 2 rings (SSSR count). The number of rotatable bonds is 2. The molecule has 4 heteroatoms. The average Bonchev–Trinajstić information content (AvgIpc) is 2.16. The van der Waals surface area contributed by atoms with Gasteiger partial charge in [-0.2, -0.15) is 0 Å². The first-order valence-corrected chi connectivity index (χ1v) is 5.14. The van der Waals surface area contributed by atoms with Crippen molar-refractivity contribution in [3.63, 3.8) is 0 Å². The fraction of sp³-hybridized carbons (Fsp3) is 0.455. The molecule has 1 aliphatic carbocycles. The van der Waals surface area contributed by atoms with Crippen LogP contribution in [0.4, 0.5) is 0 Å². The molecule has 1 aromatic heterocycles. The summed E-state index contributed by atoms with van der Waals surface area (Å²) in [7, 11) is 0. The van der Waals surface area contributed by atoms with Gasteiger partial charge in [0.15, 0.2) is 0 Å². The van der Waals surface area contributed by atoms with Crippen LogP contribution in [0.2, 0.25) is 0 Å². The third-order valence-electron chi connectivity index (χ3n) is 2.68. The summed E-state index contributed by atoms with van der Waals surface area (Å²) < 4.78 is 0. The predicted octanol–water partition coefficient (Wildman–Crippen LogP) is 0.610. The minimum absolute atomic E-state index is 0.0561. The SMILES string of the molecule is Cc1ccc(C(=O)NC2CC(N)C2)cn1. The van der Waals surface area contributed by atoms with Gasteiger partial charge in [-0.1, -0.05) is 0 Å². The quantitative estimate of drug-likeness (QED) is 0.743. The highest BCUT2D eigenvalue weighted by atomic mass is 16.1. The molecule has 1 aromatic rings. The summed E-state index contributed by atoms with van der Waals surface area (Å²) in [6.07, 6.45) is 3.36. The van der Waals surface area contributed by atoms with Crippen LogP contribution in [0.1, 0.15) is 28.9 Å². The second kappa shape index (κ2) is 3.98. The van der Waals surface area contributed by atoms with E-state index in [4.69, 9.17) is 5.73 Å². The molecular weight excluding hydrogens is 190 g/mol. The van der Waals surface area contributed by atoms with Gasteiger partial charge < -0.3 is 11.1 Å². The fourth-order valence-electron chi connectivity index (χ4n) is 1.65. The van der Waals surface area contributed by atoms with E-state index in [1.807, 2.05) is 13.0 Å². The zero-order chi connectivity index (χ0) is 10.8. The van der Waals surface area contributed by atoms with Crippen molar-refractivity contribution in [3.8, 4) is 0 Å². The summed E-state index contributed by atoms with van der Waals surface area (Å²) in [5.41, 5.74) is 7.17. The number of carbonyl (C=O) groups is 1. The number of hydrogen-bond donors (Lipinski definition) is 2. The largest absolute Gasteiger partial charge is 0.349 e. The van der Waals surface area contributed by atoms with Gasteiger partial charge in [-0.15, -0.1) is 0 Å². The second-order valence-electron chi connectivity index (χ2n) is 4.09. The first kappa shape index (κ1) is 10.1. The maximum atomic E-state index is 11.7. The zero-order valence-electron chi connectivity index (χ0n) is 8.73. The summed E-state index contributed by atoms with van der Waals surface area (Å²) in [6, 6.07) is 4.12. The average molecular weight is 205 g/mol. The maximum absolute atomic E-state index is 11.7. The summed E-state index contributed by atoms with van der Waals surface area (Å²) in [5, 5.41) is 2.92. The molecule has 0 aromatic carbocycles. The van der Waals surface area contributed by atoms with Crippen molar-refractivity contribution < 1.29 is 4.79 Å². The van der Waals surface area contributed by atoms with Crippen LogP contribution >= 0.6 is 0 Å². The van der Waals surface area contributed by atoms with Gasteiger partial charge in [0.05, 0.1) is 5.56 Å². The lowest BCUT2D eigenvalue weighted by Crippen LogP contribution is -2.50. The molecule has 15 heavy (non-hydrogen) atoms. The van der Waals surface area contributed by atoms with Gasteiger partial charge in [0.2, 0.25) is 0 Å². The van der Waals surface area contributed by atoms with Crippen molar-refractivity contribution in [2.75, 3.05) is 0 Å².